The highest BCUT2D eigenvalue weighted by atomic mass is 16.6. The highest BCUT2D eigenvalue weighted by molar-refractivity contribution is 5.66. The fourth-order valence-electron chi connectivity index (χ4n) is 1.50. The molecule has 0 aromatic carbocycles. The van der Waals surface area contributed by atoms with E-state index in [1.165, 1.54) is 13.8 Å². The third kappa shape index (κ3) is 5.46. The molecule has 0 aliphatic carbocycles. The summed E-state index contributed by atoms with van der Waals surface area (Å²) in [7, 11) is 0. The van der Waals surface area contributed by atoms with E-state index >= 15 is 0 Å². The van der Waals surface area contributed by atoms with Crippen LogP contribution in [0, 0.1) is 0 Å². The van der Waals surface area contributed by atoms with E-state index in [1.807, 2.05) is 0 Å². The SMILES string of the molecule is CC(=O)OCC(C)(C)N(O)C(C)(C)COC(C)=O. The number of hydrogen-bond acceptors (Lipinski definition) is 6. The second-order valence-electron chi connectivity index (χ2n) is 5.50. The fourth-order valence-corrected chi connectivity index (χ4v) is 1.50. The van der Waals surface area contributed by atoms with Crippen LogP contribution in [0.4, 0.5) is 0 Å². The normalized spacial score (nSPS) is 12.4. The van der Waals surface area contributed by atoms with Crippen LogP contribution in [0.5, 0.6) is 0 Å². The van der Waals surface area contributed by atoms with Gasteiger partial charge in [-0.25, -0.2) is 0 Å². The van der Waals surface area contributed by atoms with Crippen molar-refractivity contribution in [1.29, 1.82) is 0 Å². The van der Waals surface area contributed by atoms with Crippen LogP contribution in [0.1, 0.15) is 41.5 Å². The first-order valence-electron chi connectivity index (χ1n) is 5.75. The van der Waals surface area contributed by atoms with Crippen LogP contribution < -0.4 is 0 Å². The number of rotatable bonds is 6. The zero-order chi connectivity index (χ0) is 14.6. The van der Waals surface area contributed by atoms with Gasteiger partial charge in [0.25, 0.3) is 0 Å². The molecule has 0 unspecified atom stereocenters. The first kappa shape index (κ1) is 16.9. The molecule has 0 saturated heterocycles. The van der Waals surface area contributed by atoms with Gasteiger partial charge in [-0.3, -0.25) is 9.59 Å². The van der Waals surface area contributed by atoms with E-state index in [4.69, 9.17) is 9.47 Å². The standard InChI is InChI=1S/C12H23NO5/c1-9(14)17-7-11(3,4)13(16)12(5,6)8-18-10(2)15/h16H,7-8H2,1-6H3. The quantitative estimate of drug-likeness (QED) is 0.574. The van der Waals surface area contributed by atoms with E-state index in [1.54, 1.807) is 27.7 Å². The molecule has 0 radical (unpaired) electrons. The van der Waals surface area contributed by atoms with Gasteiger partial charge in [-0.1, -0.05) is 0 Å². The lowest BCUT2D eigenvalue weighted by Crippen LogP contribution is -2.58. The van der Waals surface area contributed by atoms with Crippen LogP contribution in [0.25, 0.3) is 0 Å². The molecule has 106 valence electrons. The maximum absolute atomic E-state index is 10.8. The zero-order valence-corrected chi connectivity index (χ0v) is 11.9. The maximum Gasteiger partial charge on any atom is 0.302 e. The zero-order valence-electron chi connectivity index (χ0n) is 11.9. The lowest BCUT2D eigenvalue weighted by Gasteiger charge is -2.42. The van der Waals surface area contributed by atoms with Gasteiger partial charge in [0.05, 0.1) is 11.1 Å². The minimum Gasteiger partial charge on any atom is -0.464 e. The number of hydrogen-bond donors (Lipinski definition) is 1. The largest absolute Gasteiger partial charge is 0.464 e. The van der Waals surface area contributed by atoms with E-state index < -0.39 is 23.0 Å². The monoisotopic (exact) mass is 261 g/mol. The van der Waals surface area contributed by atoms with Gasteiger partial charge in [-0.05, 0) is 27.7 Å². The molecule has 18 heavy (non-hydrogen) atoms. The molecule has 0 spiro atoms. The molecule has 0 saturated carbocycles. The molecule has 0 atom stereocenters. The summed E-state index contributed by atoms with van der Waals surface area (Å²) in [5, 5.41) is 11.2. The summed E-state index contributed by atoms with van der Waals surface area (Å²) in [6, 6.07) is 0. The number of carbonyl (C=O) groups excluding carboxylic acids is 2. The molecular weight excluding hydrogens is 238 g/mol. The number of nitrogens with zero attached hydrogens (tertiary/aromatic N) is 1. The van der Waals surface area contributed by atoms with Crippen LogP contribution in [0.2, 0.25) is 0 Å². The first-order chi connectivity index (χ1) is 7.99. The summed E-state index contributed by atoms with van der Waals surface area (Å²) in [4.78, 5) is 21.6. The van der Waals surface area contributed by atoms with Gasteiger partial charge in [0.1, 0.15) is 13.2 Å². The highest BCUT2D eigenvalue weighted by Crippen LogP contribution is 2.23. The summed E-state index contributed by atoms with van der Waals surface area (Å²) in [5.41, 5.74) is -1.56. The lowest BCUT2D eigenvalue weighted by molar-refractivity contribution is -0.244. The van der Waals surface area contributed by atoms with Crippen LogP contribution in [0.3, 0.4) is 0 Å². The fraction of sp³-hybridized carbons (Fsp3) is 0.833. The first-order valence-corrected chi connectivity index (χ1v) is 5.75. The van der Waals surface area contributed by atoms with Crippen molar-refractivity contribution in [3.63, 3.8) is 0 Å². The Balaban J connectivity index is 4.61. The summed E-state index contributed by atoms with van der Waals surface area (Å²) in [6.45, 7) is 9.61. The second-order valence-corrected chi connectivity index (χ2v) is 5.50. The molecule has 1 N–H and O–H groups in total. The van der Waals surface area contributed by atoms with Crippen LogP contribution in [-0.4, -0.2) is 46.5 Å². The molecule has 0 aromatic heterocycles. The van der Waals surface area contributed by atoms with Gasteiger partial charge >= 0.3 is 11.9 Å². The maximum atomic E-state index is 10.8. The minimum absolute atomic E-state index is 0.0440. The van der Waals surface area contributed by atoms with E-state index in [9.17, 15) is 14.8 Å². The van der Waals surface area contributed by atoms with Gasteiger partial charge in [0, 0.05) is 13.8 Å². The molecule has 6 heteroatoms. The molecular formula is C12H23NO5. The number of esters is 2. The Bertz CT molecular complexity index is 282. The summed E-state index contributed by atoms with van der Waals surface area (Å²) in [6.07, 6.45) is 0. The number of ether oxygens (including phenoxy) is 2. The number of hydroxylamine groups is 2. The molecule has 0 aliphatic rings. The highest BCUT2D eigenvalue weighted by Gasteiger charge is 2.38. The van der Waals surface area contributed by atoms with Crippen molar-refractivity contribution in [2.45, 2.75) is 52.6 Å². The predicted octanol–water partition coefficient (Wildman–Crippen LogP) is 1.36. The Morgan fingerprint density at radius 1 is 0.944 bits per heavy atom. The van der Waals surface area contributed by atoms with Crippen molar-refractivity contribution in [2.75, 3.05) is 13.2 Å². The molecule has 0 aliphatic heterocycles. The Morgan fingerprint density at radius 3 is 1.44 bits per heavy atom. The summed E-state index contributed by atoms with van der Waals surface area (Å²) in [5.74, 6) is -0.816. The second kappa shape index (κ2) is 6.15. The van der Waals surface area contributed by atoms with Crippen molar-refractivity contribution in [3.05, 3.63) is 0 Å². The van der Waals surface area contributed by atoms with Crippen molar-refractivity contribution < 1.29 is 24.3 Å². The third-order valence-electron chi connectivity index (χ3n) is 2.40. The molecule has 0 rings (SSSR count). The molecule has 0 bridgehead atoms. The van der Waals surface area contributed by atoms with Gasteiger partial charge in [0.15, 0.2) is 0 Å². The predicted molar refractivity (Wildman–Crippen MR) is 65.0 cm³/mol. The molecule has 0 heterocycles. The average Bonchev–Trinajstić information content (AvgIpc) is 2.23. The topological polar surface area (TPSA) is 76.1 Å². The molecule has 0 fully saturated rings. The van der Waals surface area contributed by atoms with Crippen LogP contribution in [0.15, 0.2) is 0 Å². The van der Waals surface area contributed by atoms with Gasteiger partial charge < -0.3 is 14.7 Å². The van der Waals surface area contributed by atoms with Crippen molar-refractivity contribution in [2.24, 2.45) is 0 Å². The van der Waals surface area contributed by atoms with E-state index in [2.05, 4.69) is 0 Å². The van der Waals surface area contributed by atoms with E-state index in [0.29, 0.717) is 0 Å². The third-order valence-corrected chi connectivity index (χ3v) is 2.40. The van der Waals surface area contributed by atoms with Gasteiger partial charge in [-0.15, -0.1) is 0 Å². The van der Waals surface area contributed by atoms with E-state index in [0.717, 1.165) is 5.06 Å². The Labute approximate surface area is 108 Å². The molecule has 6 nitrogen and oxygen atoms in total. The minimum atomic E-state index is -0.782. The summed E-state index contributed by atoms with van der Waals surface area (Å²) >= 11 is 0. The van der Waals surface area contributed by atoms with Crippen molar-refractivity contribution in [3.8, 4) is 0 Å². The van der Waals surface area contributed by atoms with Crippen LogP contribution >= 0.6 is 0 Å². The van der Waals surface area contributed by atoms with Crippen LogP contribution in [-0.2, 0) is 19.1 Å². The Morgan fingerprint density at radius 2 is 1.22 bits per heavy atom. The lowest BCUT2D eigenvalue weighted by atomic mass is 9.97. The van der Waals surface area contributed by atoms with Crippen molar-refractivity contribution in [1.82, 2.24) is 5.06 Å². The number of carbonyl (C=O) groups is 2. The summed E-state index contributed by atoms with van der Waals surface area (Å²) < 4.78 is 9.80. The van der Waals surface area contributed by atoms with E-state index in [-0.39, 0.29) is 13.2 Å². The molecule has 0 amide bonds. The molecule has 0 aromatic rings. The van der Waals surface area contributed by atoms with Crippen molar-refractivity contribution >= 4 is 11.9 Å². The average molecular weight is 261 g/mol. The van der Waals surface area contributed by atoms with Gasteiger partial charge in [0.2, 0.25) is 0 Å². The smallest absolute Gasteiger partial charge is 0.302 e. The van der Waals surface area contributed by atoms with Gasteiger partial charge in [-0.2, -0.15) is 5.06 Å². The Kier molecular flexibility index (Phi) is 5.76. The Hall–Kier alpha value is -1.14.